The van der Waals surface area contributed by atoms with Gasteiger partial charge in [-0.1, -0.05) is 13.3 Å². The first-order valence-electron chi connectivity index (χ1n) is 4.61. The van der Waals surface area contributed by atoms with Gasteiger partial charge in [0.15, 0.2) is 0 Å². The van der Waals surface area contributed by atoms with Crippen LogP contribution in [0.4, 0.5) is 0 Å². The maximum Gasteiger partial charge on any atom is 0.224 e. The van der Waals surface area contributed by atoms with Gasteiger partial charge in [-0.2, -0.15) is 5.26 Å². The van der Waals surface area contributed by atoms with E-state index >= 15 is 0 Å². The Morgan fingerprint density at radius 2 is 2.38 bits per heavy atom. The molecule has 1 unspecified atom stereocenters. The van der Waals surface area contributed by atoms with Gasteiger partial charge in [0.1, 0.15) is 0 Å². The molecule has 0 saturated carbocycles. The van der Waals surface area contributed by atoms with Crippen LogP contribution in [0.3, 0.4) is 0 Å². The molecule has 0 aliphatic heterocycles. The van der Waals surface area contributed by atoms with Crippen molar-refractivity contribution in [2.75, 3.05) is 13.1 Å². The minimum Gasteiger partial charge on any atom is -0.355 e. The molecule has 3 N–H and O–H groups in total. The second-order valence-corrected chi connectivity index (χ2v) is 2.92. The first kappa shape index (κ1) is 11.9. The number of amides is 1. The molecule has 0 aromatic rings. The maximum absolute atomic E-state index is 11.3. The van der Waals surface area contributed by atoms with Crippen molar-refractivity contribution < 1.29 is 4.79 Å². The second-order valence-electron chi connectivity index (χ2n) is 2.92. The molecule has 0 saturated heterocycles. The molecule has 0 rings (SSSR count). The van der Waals surface area contributed by atoms with E-state index in [4.69, 9.17) is 11.0 Å². The second kappa shape index (κ2) is 7.56. The summed E-state index contributed by atoms with van der Waals surface area (Å²) in [5, 5.41) is 10.9. The van der Waals surface area contributed by atoms with Crippen LogP contribution in [0.5, 0.6) is 0 Å². The van der Waals surface area contributed by atoms with E-state index in [2.05, 4.69) is 5.32 Å². The third-order valence-electron chi connectivity index (χ3n) is 1.83. The van der Waals surface area contributed by atoms with Gasteiger partial charge in [-0.3, -0.25) is 4.79 Å². The van der Waals surface area contributed by atoms with Crippen LogP contribution in [-0.4, -0.2) is 19.0 Å². The van der Waals surface area contributed by atoms with E-state index < -0.39 is 0 Å². The minimum absolute atomic E-state index is 0.0281. The molecular weight excluding hydrogens is 166 g/mol. The van der Waals surface area contributed by atoms with Crippen molar-refractivity contribution in [3.8, 4) is 6.07 Å². The quantitative estimate of drug-likeness (QED) is 0.585. The van der Waals surface area contributed by atoms with Crippen molar-refractivity contribution in [2.45, 2.75) is 26.2 Å². The highest BCUT2D eigenvalue weighted by atomic mass is 16.1. The van der Waals surface area contributed by atoms with Gasteiger partial charge < -0.3 is 11.1 Å². The summed E-state index contributed by atoms with van der Waals surface area (Å²) < 4.78 is 0. The number of hydrogen-bond donors (Lipinski definition) is 2. The normalized spacial score (nSPS) is 11.8. The number of nitrogens with one attached hydrogen (secondary N) is 1. The Labute approximate surface area is 79.1 Å². The minimum atomic E-state index is -0.0938. The highest BCUT2D eigenvalue weighted by Gasteiger charge is 2.14. The van der Waals surface area contributed by atoms with Crippen LogP contribution in [0.1, 0.15) is 26.2 Å². The molecule has 0 heterocycles. The molecule has 0 radical (unpaired) electrons. The lowest BCUT2D eigenvalue weighted by atomic mass is 10.0. The Bertz CT molecular complexity index is 186. The fraction of sp³-hybridized carbons (Fsp3) is 0.778. The summed E-state index contributed by atoms with van der Waals surface area (Å²) in [5.41, 5.74) is 5.44. The molecule has 0 spiro atoms. The van der Waals surface area contributed by atoms with Crippen LogP contribution in [0, 0.1) is 17.2 Å². The Morgan fingerprint density at radius 1 is 1.69 bits per heavy atom. The Hall–Kier alpha value is -1.08. The van der Waals surface area contributed by atoms with Crippen molar-refractivity contribution in [1.29, 1.82) is 5.26 Å². The number of nitrogens with zero attached hydrogens (tertiary/aromatic N) is 1. The van der Waals surface area contributed by atoms with E-state index in [1.165, 1.54) is 0 Å². The molecule has 74 valence electrons. The zero-order valence-electron chi connectivity index (χ0n) is 8.05. The molecule has 4 nitrogen and oxygen atoms in total. The molecule has 1 atom stereocenters. The largest absolute Gasteiger partial charge is 0.355 e. The Kier molecular flexibility index (Phi) is 6.93. The summed E-state index contributed by atoms with van der Waals surface area (Å²) in [6.07, 6.45) is 2.12. The zero-order valence-corrected chi connectivity index (χ0v) is 8.05. The predicted molar refractivity (Wildman–Crippen MR) is 50.7 cm³/mol. The van der Waals surface area contributed by atoms with Crippen LogP contribution >= 0.6 is 0 Å². The highest BCUT2D eigenvalue weighted by Crippen LogP contribution is 2.03. The van der Waals surface area contributed by atoms with Crippen molar-refractivity contribution in [1.82, 2.24) is 5.32 Å². The van der Waals surface area contributed by atoms with Gasteiger partial charge in [0.25, 0.3) is 0 Å². The van der Waals surface area contributed by atoms with Crippen molar-refractivity contribution in [2.24, 2.45) is 11.7 Å². The molecular formula is C9H17N3O. The van der Waals surface area contributed by atoms with Gasteiger partial charge >= 0.3 is 0 Å². The molecule has 0 aliphatic rings. The first-order valence-corrected chi connectivity index (χ1v) is 4.61. The maximum atomic E-state index is 11.3. The van der Waals surface area contributed by atoms with Crippen LogP contribution in [0.15, 0.2) is 0 Å². The molecule has 0 aromatic heterocycles. The number of nitriles is 1. The number of nitrogens with two attached hydrogens (primary N) is 1. The lowest BCUT2D eigenvalue weighted by molar-refractivity contribution is -0.124. The molecule has 4 heteroatoms. The smallest absolute Gasteiger partial charge is 0.224 e. The lowest BCUT2D eigenvalue weighted by Crippen LogP contribution is -2.35. The molecule has 1 amide bonds. The molecule has 0 bridgehead atoms. The van der Waals surface area contributed by atoms with Gasteiger partial charge in [0.05, 0.1) is 18.4 Å². The van der Waals surface area contributed by atoms with Gasteiger partial charge in [0.2, 0.25) is 5.91 Å². The summed E-state index contributed by atoms with van der Waals surface area (Å²) in [5.74, 6) is -0.122. The summed E-state index contributed by atoms with van der Waals surface area (Å²) in [6, 6.07) is 1.97. The fourth-order valence-corrected chi connectivity index (χ4v) is 1.09. The van der Waals surface area contributed by atoms with Crippen molar-refractivity contribution in [3.63, 3.8) is 0 Å². The zero-order chi connectivity index (χ0) is 10.1. The van der Waals surface area contributed by atoms with E-state index in [1.807, 2.05) is 13.0 Å². The van der Waals surface area contributed by atoms with E-state index in [1.54, 1.807) is 0 Å². The summed E-state index contributed by atoms with van der Waals surface area (Å²) >= 11 is 0. The third kappa shape index (κ3) is 5.21. The number of hydrogen-bond acceptors (Lipinski definition) is 3. The van der Waals surface area contributed by atoms with Gasteiger partial charge in [-0.05, 0) is 6.42 Å². The number of carbonyl (C=O) groups excluding carboxylic acids is 1. The predicted octanol–water partition coefficient (Wildman–Crippen LogP) is 0.391. The third-order valence-corrected chi connectivity index (χ3v) is 1.83. The van der Waals surface area contributed by atoms with E-state index in [-0.39, 0.29) is 11.8 Å². The van der Waals surface area contributed by atoms with Gasteiger partial charge in [0, 0.05) is 13.1 Å². The molecule has 13 heavy (non-hydrogen) atoms. The van der Waals surface area contributed by atoms with Gasteiger partial charge in [-0.15, -0.1) is 0 Å². The first-order chi connectivity index (χ1) is 6.26. The summed E-state index contributed by atoms with van der Waals surface area (Å²) in [6.45, 7) is 2.83. The number of rotatable bonds is 6. The average Bonchev–Trinajstić information content (AvgIpc) is 2.14. The van der Waals surface area contributed by atoms with Crippen LogP contribution in [-0.2, 0) is 4.79 Å². The Balaban J connectivity index is 3.72. The lowest BCUT2D eigenvalue weighted by Gasteiger charge is -2.12. The highest BCUT2D eigenvalue weighted by molar-refractivity contribution is 5.78. The Morgan fingerprint density at radius 3 is 2.85 bits per heavy atom. The van der Waals surface area contributed by atoms with Crippen LogP contribution < -0.4 is 11.1 Å². The van der Waals surface area contributed by atoms with E-state index in [0.29, 0.717) is 19.5 Å². The summed E-state index contributed by atoms with van der Waals surface area (Å²) in [4.78, 5) is 11.3. The van der Waals surface area contributed by atoms with Crippen molar-refractivity contribution in [3.05, 3.63) is 0 Å². The van der Waals surface area contributed by atoms with E-state index in [0.717, 1.165) is 12.8 Å². The molecule has 0 aliphatic carbocycles. The molecule has 0 fully saturated rings. The van der Waals surface area contributed by atoms with Crippen LogP contribution in [0.2, 0.25) is 0 Å². The SMILES string of the molecule is CCCC(CN)C(=O)NCCC#N. The monoisotopic (exact) mass is 183 g/mol. The van der Waals surface area contributed by atoms with E-state index in [9.17, 15) is 4.79 Å². The van der Waals surface area contributed by atoms with Crippen molar-refractivity contribution >= 4 is 5.91 Å². The van der Waals surface area contributed by atoms with Gasteiger partial charge in [-0.25, -0.2) is 0 Å². The fourth-order valence-electron chi connectivity index (χ4n) is 1.09. The molecule has 0 aromatic carbocycles. The standard InChI is InChI=1S/C9H17N3O/c1-2-4-8(7-11)9(13)12-6-3-5-10/h8H,2-4,6-7,11H2,1H3,(H,12,13). The topological polar surface area (TPSA) is 78.9 Å². The van der Waals surface area contributed by atoms with Crippen LogP contribution in [0.25, 0.3) is 0 Å². The average molecular weight is 183 g/mol. The summed E-state index contributed by atoms with van der Waals surface area (Å²) in [7, 11) is 0. The number of carbonyl (C=O) groups is 1.